The Bertz CT molecular complexity index is 405. The van der Waals surface area contributed by atoms with Gasteiger partial charge in [-0.1, -0.05) is 11.6 Å². The number of halogens is 1. The number of thiophene rings is 1. The molecule has 0 radical (unpaired) electrons. The summed E-state index contributed by atoms with van der Waals surface area (Å²) in [5.74, 6) is 0. The maximum Gasteiger partial charge on any atom is 0.0565 e. The molecule has 0 aliphatic carbocycles. The smallest absolute Gasteiger partial charge is 0.0565 e. The zero-order valence-corrected chi connectivity index (χ0v) is 13.6. The van der Waals surface area contributed by atoms with Crippen molar-refractivity contribution >= 4 is 22.9 Å². The predicted molar refractivity (Wildman–Crippen MR) is 84.0 cm³/mol. The SMILES string of the molecule is CC(C)(C)N1CCN(C(CN)c2cc(Cl)cs2)CC1. The molecule has 0 spiro atoms. The molecule has 1 atom stereocenters. The van der Waals surface area contributed by atoms with Gasteiger partial charge in [-0.25, -0.2) is 0 Å². The molecule has 1 unspecified atom stereocenters. The Morgan fingerprint density at radius 2 is 1.95 bits per heavy atom. The first-order valence-corrected chi connectivity index (χ1v) is 8.10. The van der Waals surface area contributed by atoms with Crippen molar-refractivity contribution in [1.29, 1.82) is 0 Å². The molecule has 1 aromatic heterocycles. The van der Waals surface area contributed by atoms with Gasteiger partial charge in [-0.2, -0.15) is 0 Å². The van der Waals surface area contributed by atoms with Gasteiger partial charge in [0.1, 0.15) is 0 Å². The van der Waals surface area contributed by atoms with Crippen molar-refractivity contribution in [1.82, 2.24) is 9.80 Å². The Balaban J connectivity index is 1.99. The Morgan fingerprint density at radius 1 is 1.32 bits per heavy atom. The van der Waals surface area contributed by atoms with Crippen molar-refractivity contribution in [3.05, 3.63) is 21.3 Å². The second-order valence-electron chi connectivity index (χ2n) is 6.11. The van der Waals surface area contributed by atoms with Gasteiger partial charge in [0.25, 0.3) is 0 Å². The van der Waals surface area contributed by atoms with Gasteiger partial charge >= 0.3 is 0 Å². The van der Waals surface area contributed by atoms with Crippen LogP contribution in [0.25, 0.3) is 0 Å². The zero-order valence-electron chi connectivity index (χ0n) is 12.0. The van der Waals surface area contributed by atoms with E-state index in [4.69, 9.17) is 17.3 Å². The first kappa shape index (κ1) is 15.3. The molecule has 1 saturated heterocycles. The van der Waals surface area contributed by atoms with Crippen molar-refractivity contribution in [2.75, 3.05) is 32.7 Å². The van der Waals surface area contributed by atoms with E-state index in [1.165, 1.54) is 4.88 Å². The molecule has 19 heavy (non-hydrogen) atoms. The molecule has 2 N–H and O–H groups in total. The maximum atomic E-state index is 6.03. The van der Waals surface area contributed by atoms with E-state index in [1.807, 2.05) is 5.38 Å². The van der Waals surface area contributed by atoms with Crippen LogP contribution in [-0.2, 0) is 0 Å². The lowest BCUT2D eigenvalue weighted by atomic mass is 10.0. The van der Waals surface area contributed by atoms with E-state index in [1.54, 1.807) is 11.3 Å². The molecule has 3 nitrogen and oxygen atoms in total. The largest absolute Gasteiger partial charge is 0.329 e. The topological polar surface area (TPSA) is 32.5 Å². The Labute approximate surface area is 125 Å². The van der Waals surface area contributed by atoms with Crippen LogP contribution in [0.5, 0.6) is 0 Å². The average molecular weight is 302 g/mol. The maximum absolute atomic E-state index is 6.03. The van der Waals surface area contributed by atoms with Gasteiger partial charge in [0.2, 0.25) is 0 Å². The van der Waals surface area contributed by atoms with Gasteiger partial charge in [-0.3, -0.25) is 9.80 Å². The molecule has 2 heterocycles. The molecule has 108 valence electrons. The second kappa shape index (κ2) is 6.10. The normalized spacial score (nSPS) is 20.7. The van der Waals surface area contributed by atoms with Crippen molar-refractivity contribution < 1.29 is 0 Å². The molecule has 2 rings (SSSR count). The minimum atomic E-state index is 0.260. The summed E-state index contributed by atoms with van der Waals surface area (Å²) in [4.78, 5) is 6.32. The minimum Gasteiger partial charge on any atom is -0.329 e. The minimum absolute atomic E-state index is 0.260. The van der Waals surface area contributed by atoms with Gasteiger partial charge in [-0.05, 0) is 26.8 Å². The highest BCUT2D eigenvalue weighted by Gasteiger charge is 2.29. The lowest BCUT2D eigenvalue weighted by Gasteiger charge is -2.44. The number of piperazine rings is 1. The molecule has 0 bridgehead atoms. The fourth-order valence-corrected chi connectivity index (χ4v) is 3.88. The molecule has 1 fully saturated rings. The summed E-state index contributed by atoms with van der Waals surface area (Å²) in [6.45, 7) is 11.9. The van der Waals surface area contributed by atoms with E-state index < -0.39 is 0 Å². The summed E-state index contributed by atoms with van der Waals surface area (Å²) in [7, 11) is 0. The van der Waals surface area contributed by atoms with Crippen LogP contribution >= 0.6 is 22.9 Å². The van der Waals surface area contributed by atoms with Crippen molar-refractivity contribution in [3.8, 4) is 0 Å². The number of hydrogen-bond donors (Lipinski definition) is 1. The van der Waals surface area contributed by atoms with Gasteiger partial charge in [0.15, 0.2) is 0 Å². The lowest BCUT2D eigenvalue weighted by molar-refractivity contribution is 0.0440. The van der Waals surface area contributed by atoms with E-state index in [0.717, 1.165) is 31.2 Å². The molecular formula is C14H24ClN3S. The third-order valence-electron chi connectivity index (χ3n) is 3.84. The number of nitrogens with two attached hydrogens (primary N) is 1. The molecule has 0 saturated carbocycles. The lowest BCUT2D eigenvalue weighted by Crippen LogP contribution is -2.54. The van der Waals surface area contributed by atoms with E-state index in [2.05, 4.69) is 36.6 Å². The molecule has 1 aliphatic heterocycles. The van der Waals surface area contributed by atoms with Crippen LogP contribution in [0.4, 0.5) is 0 Å². The summed E-state index contributed by atoms with van der Waals surface area (Å²) in [6.07, 6.45) is 0. The van der Waals surface area contributed by atoms with Crippen LogP contribution in [0.2, 0.25) is 5.02 Å². The number of nitrogens with zero attached hydrogens (tertiary/aromatic N) is 2. The molecular weight excluding hydrogens is 278 g/mol. The first-order valence-electron chi connectivity index (χ1n) is 6.85. The van der Waals surface area contributed by atoms with Crippen molar-refractivity contribution in [2.45, 2.75) is 32.4 Å². The molecule has 0 aromatic carbocycles. The van der Waals surface area contributed by atoms with Crippen LogP contribution in [0, 0.1) is 0 Å². The summed E-state index contributed by atoms with van der Waals surface area (Å²) in [5.41, 5.74) is 6.23. The third kappa shape index (κ3) is 3.70. The average Bonchev–Trinajstić information content (AvgIpc) is 2.76. The Kier molecular flexibility index (Phi) is 4.90. The standard InChI is InChI=1S/C14H24ClN3S/c1-14(2,3)18-6-4-17(5-7-18)12(9-16)13-8-11(15)10-19-13/h8,10,12H,4-7,9,16H2,1-3H3. The van der Waals surface area contributed by atoms with Crippen molar-refractivity contribution in [2.24, 2.45) is 5.73 Å². The fourth-order valence-electron chi connectivity index (χ4n) is 2.65. The number of rotatable bonds is 3. The monoisotopic (exact) mass is 301 g/mol. The van der Waals surface area contributed by atoms with Gasteiger partial charge in [-0.15, -0.1) is 11.3 Å². The highest BCUT2D eigenvalue weighted by molar-refractivity contribution is 7.10. The van der Waals surface area contributed by atoms with E-state index in [9.17, 15) is 0 Å². The number of hydrogen-bond acceptors (Lipinski definition) is 4. The van der Waals surface area contributed by atoms with Crippen LogP contribution in [0.15, 0.2) is 11.4 Å². The first-order chi connectivity index (χ1) is 8.91. The second-order valence-corrected chi connectivity index (χ2v) is 7.49. The van der Waals surface area contributed by atoms with Crippen LogP contribution in [-0.4, -0.2) is 48.1 Å². The summed E-state index contributed by atoms with van der Waals surface area (Å²) in [5, 5.41) is 2.82. The van der Waals surface area contributed by atoms with Gasteiger partial charge in [0, 0.05) is 48.5 Å². The highest BCUT2D eigenvalue weighted by Crippen LogP contribution is 2.30. The van der Waals surface area contributed by atoms with Gasteiger partial charge in [0.05, 0.1) is 11.1 Å². The van der Waals surface area contributed by atoms with Gasteiger partial charge < -0.3 is 5.73 Å². The van der Waals surface area contributed by atoms with Crippen LogP contribution in [0.1, 0.15) is 31.7 Å². The van der Waals surface area contributed by atoms with Crippen molar-refractivity contribution in [3.63, 3.8) is 0 Å². The molecule has 5 heteroatoms. The van der Waals surface area contributed by atoms with E-state index in [-0.39, 0.29) is 5.54 Å². The Morgan fingerprint density at radius 3 is 2.37 bits per heavy atom. The summed E-state index contributed by atoms with van der Waals surface area (Å²) >= 11 is 7.74. The predicted octanol–water partition coefficient (Wildman–Crippen LogP) is 2.82. The molecule has 1 aromatic rings. The summed E-state index contributed by atoms with van der Waals surface area (Å²) < 4.78 is 0. The van der Waals surface area contributed by atoms with Crippen LogP contribution < -0.4 is 5.73 Å². The molecule has 1 aliphatic rings. The van der Waals surface area contributed by atoms with E-state index in [0.29, 0.717) is 12.6 Å². The summed E-state index contributed by atoms with van der Waals surface area (Å²) in [6, 6.07) is 2.37. The fraction of sp³-hybridized carbons (Fsp3) is 0.714. The van der Waals surface area contributed by atoms with Crippen LogP contribution in [0.3, 0.4) is 0 Å². The Hall–Kier alpha value is -0.130. The molecule has 0 amide bonds. The zero-order chi connectivity index (χ0) is 14.0. The highest BCUT2D eigenvalue weighted by atomic mass is 35.5. The quantitative estimate of drug-likeness (QED) is 0.932. The van der Waals surface area contributed by atoms with E-state index >= 15 is 0 Å². The third-order valence-corrected chi connectivity index (χ3v) is 5.22.